The SMILES string of the molecule is CC(c1cccs1)N(C)C(=O)CNC(=O)c1ccc(N2CCCC2=O)cc1. The number of carbonyl (C=O) groups excluding carboxylic acids is 3. The molecule has 6 nitrogen and oxygen atoms in total. The van der Waals surface area contributed by atoms with Crippen molar-refractivity contribution in [1.82, 2.24) is 10.2 Å². The third-order valence-corrected chi connectivity index (χ3v) is 5.89. The Bertz CT molecular complexity index is 818. The number of rotatable bonds is 6. The van der Waals surface area contributed by atoms with Crippen LogP contribution in [-0.4, -0.2) is 42.8 Å². The fraction of sp³-hybridized carbons (Fsp3) is 0.350. The maximum absolute atomic E-state index is 12.4. The summed E-state index contributed by atoms with van der Waals surface area (Å²) in [5.41, 5.74) is 1.27. The average Bonchev–Trinajstić information content (AvgIpc) is 3.36. The van der Waals surface area contributed by atoms with Gasteiger partial charge in [-0.3, -0.25) is 14.4 Å². The van der Waals surface area contributed by atoms with Gasteiger partial charge >= 0.3 is 0 Å². The van der Waals surface area contributed by atoms with E-state index in [9.17, 15) is 14.4 Å². The third kappa shape index (κ3) is 4.36. The number of anilines is 1. The lowest BCUT2D eigenvalue weighted by Crippen LogP contribution is -2.39. The van der Waals surface area contributed by atoms with E-state index >= 15 is 0 Å². The van der Waals surface area contributed by atoms with Crippen LogP contribution in [0, 0.1) is 0 Å². The molecule has 1 aliphatic heterocycles. The van der Waals surface area contributed by atoms with Gasteiger partial charge in [0.25, 0.3) is 5.91 Å². The van der Waals surface area contributed by atoms with Gasteiger partial charge < -0.3 is 15.1 Å². The third-order valence-electron chi connectivity index (χ3n) is 4.84. The second-order valence-corrected chi connectivity index (χ2v) is 7.55. The van der Waals surface area contributed by atoms with E-state index in [2.05, 4.69) is 5.32 Å². The van der Waals surface area contributed by atoms with Crippen molar-refractivity contribution in [2.24, 2.45) is 0 Å². The van der Waals surface area contributed by atoms with Crippen LogP contribution >= 0.6 is 11.3 Å². The van der Waals surface area contributed by atoms with Crippen LogP contribution in [0.2, 0.25) is 0 Å². The molecule has 0 spiro atoms. The molecule has 1 N–H and O–H groups in total. The molecule has 0 saturated carbocycles. The molecule has 27 heavy (non-hydrogen) atoms. The topological polar surface area (TPSA) is 69.7 Å². The summed E-state index contributed by atoms with van der Waals surface area (Å²) in [4.78, 5) is 40.9. The zero-order valence-corrected chi connectivity index (χ0v) is 16.3. The van der Waals surface area contributed by atoms with Gasteiger partial charge in [0.15, 0.2) is 0 Å². The Morgan fingerprint density at radius 1 is 1.26 bits per heavy atom. The maximum atomic E-state index is 12.4. The lowest BCUT2D eigenvalue weighted by molar-refractivity contribution is -0.130. The number of nitrogens with zero attached hydrogens (tertiary/aromatic N) is 2. The van der Waals surface area contributed by atoms with Crippen molar-refractivity contribution < 1.29 is 14.4 Å². The Labute approximate surface area is 162 Å². The number of amides is 3. The smallest absolute Gasteiger partial charge is 0.251 e. The van der Waals surface area contributed by atoms with E-state index in [1.165, 1.54) is 0 Å². The van der Waals surface area contributed by atoms with Gasteiger partial charge in [-0.2, -0.15) is 0 Å². The van der Waals surface area contributed by atoms with Crippen molar-refractivity contribution in [2.75, 3.05) is 25.0 Å². The Hall–Kier alpha value is -2.67. The van der Waals surface area contributed by atoms with Crippen LogP contribution < -0.4 is 10.2 Å². The number of thiophene rings is 1. The van der Waals surface area contributed by atoms with Gasteiger partial charge in [0, 0.05) is 36.1 Å². The molecule has 0 aliphatic carbocycles. The molecule has 1 unspecified atom stereocenters. The van der Waals surface area contributed by atoms with Crippen molar-refractivity contribution in [3.8, 4) is 0 Å². The summed E-state index contributed by atoms with van der Waals surface area (Å²) in [5.74, 6) is -0.343. The summed E-state index contributed by atoms with van der Waals surface area (Å²) in [7, 11) is 1.74. The molecule has 3 rings (SSSR count). The zero-order chi connectivity index (χ0) is 19.4. The predicted octanol–water partition coefficient (Wildman–Crippen LogP) is 2.82. The summed E-state index contributed by atoms with van der Waals surface area (Å²) < 4.78 is 0. The first-order valence-electron chi connectivity index (χ1n) is 8.95. The Kier molecular flexibility index (Phi) is 5.91. The molecule has 0 radical (unpaired) electrons. The van der Waals surface area contributed by atoms with Crippen LogP contribution in [0.3, 0.4) is 0 Å². The van der Waals surface area contributed by atoms with Crippen molar-refractivity contribution >= 4 is 34.7 Å². The summed E-state index contributed by atoms with van der Waals surface area (Å²) in [5, 5.41) is 4.65. The molecule has 2 heterocycles. The van der Waals surface area contributed by atoms with Crippen molar-refractivity contribution in [1.29, 1.82) is 0 Å². The zero-order valence-electron chi connectivity index (χ0n) is 15.5. The van der Waals surface area contributed by atoms with E-state index in [0.29, 0.717) is 18.5 Å². The first-order valence-corrected chi connectivity index (χ1v) is 9.83. The van der Waals surface area contributed by atoms with Crippen LogP contribution in [0.25, 0.3) is 0 Å². The highest BCUT2D eigenvalue weighted by Gasteiger charge is 2.22. The van der Waals surface area contributed by atoms with E-state index in [1.54, 1.807) is 52.4 Å². The standard InChI is InChI=1S/C20H23N3O3S/c1-14(17-5-4-12-27-17)22(2)19(25)13-21-20(26)15-7-9-16(10-8-15)23-11-3-6-18(23)24/h4-5,7-10,12,14H,3,6,11,13H2,1-2H3,(H,21,26). The minimum absolute atomic E-state index is 0.0355. The number of hydrogen-bond acceptors (Lipinski definition) is 4. The van der Waals surface area contributed by atoms with E-state index in [-0.39, 0.29) is 30.3 Å². The molecule has 0 bridgehead atoms. The van der Waals surface area contributed by atoms with Crippen LogP contribution in [0.5, 0.6) is 0 Å². The largest absolute Gasteiger partial charge is 0.343 e. The summed E-state index contributed by atoms with van der Waals surface area (Å²) in [6, 6.07) is 10.8. The van der Waals surface area contributed by atoms with Gasteiger partial charge in [-0.1, -0.05) is 6.07 Å². The van der Waals surface area contributed by atoms with Gasteiger partial charge in [0.2, 0.25) is 11.8 Å². The number of benzene rings is 1. The summed E-state index contributed by atoms with van der Waals surface area (Å²) in [6.45, 7) is 2.62. The van der Waals surface area contributed by atoms with Crippen LogP contribution in [-0.2, 0) is 9.59 Å². The number of likely N-dealkylation sites (N-methyl/N-ethyl adjacent to an activating group) is 1. The monoisotopic (exact) mass is 385 g/mol. The molecular formula is C20H23N3O3S. The van der Waals surface area contributed by atoms with E-state index in [1.807, 2.05) is 24.4 Å². The minimum Gasteiger partial charge on any atom is -0.343 e. The second-order valence-electron chi connectivity index (χ2n) is 6.57. The number of hydrogen-bond donors (Lipinski definition) is 1. The lowest BCUT2D eigenvalue weighted by atomic mass is 10.2. The summed E-state index contributed by atoms with van der Waals surface area (Å²) in [6.07, 6.45) is 1.43. The Balaban J connectivity index is 1.54. The molecule has 1 aliphatic rings. The lowest BCUT2D eigenvalue weighted by Gasteiger charge is -2.24. The highest BCUT2D eigenvalue weighted by Crippen LogP contribution is 2.23. The molecule has 1 aromatic heterocycles. The average molecular weight is 385 g/mol. The van der Waals surface area contributed by atoms with Crippen LogP contribution in [0.1, 0.15) is 41.0 Å². The first kappa shape index (κ1) is 19.1. The maximum Gasteiger partial charge on any atom is 0.251 e. The van der Waals surface area contributed by atoms with Gasteiger partial charge in [-0.25, -0.2) is 0 Å². The highest BCUT2D eigenvalue weighted by molar-refractivity contribution is 7.10. The normalized spacial score (nSPS) is 14.9. The van der Waals surface area contributed by atoms with Crippen LogP contribution in [0.15, 0.2) is 41.8 Å². The molecule has 7 heteroatoms. The van der Waals surface area contributed by atoms with Gasteiger partial charge in [0.1, 0.15) is 0 Å². The highest BCUT2D eigenvalue weighted by atomic mass is 32.1. The van der Waals surface area contributed by atoms with E-state index in [0.717, 1.165) is 17.0 Å². The number of nitrogens with one attached hydrogen (secondary N) is 1. The first-order chi connectivity index (χ1) is 13.0. The van der Waals surface area contributed by atoms with E-state index in [4.69, 9.17) is 0 Å². The van der Waals surface area contributed by atoms with Gasteiger partial charge in [0.05, 0.1) is 12.6 Å². The quantitative estimate of drug-likeness (QED) is 0.831. The van der Waals surface area contributed by atoms with Gasteiger partial charge in [-0.15, -0.1) is 11.3 Å². The fourth-order valence-corrected chi connectivity index (χ4v) is 3.86. The minimum atomic E-state index is -0.306. The molecular weight excluding hydrogens is 362 g/mol. The Morgan fingerprint density at radius 3 is 2.59 bits per heavy atom. The predicted molar refractivity (Wildman–Crippen MR) is 106 cm³/mol. The fourth-order valence-electron chi connectivity index (χ4n) is 3.03. The van der Waals surface area contributed by atoms with E-state index < -0.39 is 0 Å². The van der Waals surface area contributed by atoms with Crippen molar-refractivity contribution in [3.05, 3.63) is 52.2 Å². The van der Waals surface area contributed by atoms with Crippen LogP contribution in [0.4, 0.5) is 5.69 Å². The Morgan fingerprint density at radius 2 is 2.00 bits per heavy atom. The van der Waals surface area contributed by atoms with Crippen molar-refractivity contribution in [3.63, 3.8) is 0 Å². The van der Waals surface area contributed by atoms with Crippen molar-refractivity contribution in [2.45, 2.75) is 25.8 Å². The molecule has 1 saturated heterocycles. The molecule has 3 amide bonds. The second kappa shape index (κ2) is 8.35. The van der Waals surface area contributed by atoms with Gasteiger partial charge in [-0.05, 0) is 49.1 Å². The molecule has 1 fully saturated rings. The molecule has 1 atom stereocenters. The summed E-state index contributed by atoms with van der Waals surface area (Å²) >= 11 is 1.60. The molecule has 142 valence electrons. The number of carbonyl (C=O) groups is 3. The molecule has 1 aromatic carbocycles. The molecule has 2 aromatic rings.